The van der Waals surface area contributed by atoms with Gasteiger partial charge >= 0.3 is 0 Å². The van der Waals surface area contributed by atoms with Crippen molar-refractivity contribution in [3.63, 3.8) is 0 Å². The smallest absolute Gasteiger partial charge is 0.258 e. The normalized spacial score (nSPS) is 12.5. The summed E-state index contributed by atoms with van der Waals surface area (Å²) in [5.74, 6) is 0.557. The van der Waals surface area contributed by atoms with Crippen molar-refractivity contribution in [2.75, 3.05) is 7.11 Å². The van der Waals surface area contributed by atoms with Gasteiger partial charge in [0.25, 0.3) is 5.91 Å². The number of carbonyl (C=O) groups excluding carboxylic acids is 1. The zero-order valence-electron chi connectivity index (χ0n) is 18.6. The second-order valence-electron chi connectivity index (χ2n) is 6.84. The van der Waals surface area contributed by atoms with E-state index in [0.717, 1.165) is 5.69 Å². The molecule has 31 heavy (non-hydrogen) atoms. The quantitative estimate of drug-likeness (QED) is 0.382. The van der Waals surface area contributed by atoms with E-state index < -0.39 is 0 Å². The maximum absolute atomic E-state index is 13.1. The lowest BCUT2D eigenvalue weighted by Gasteiger charge is -2.14. The molecule has 0 aromatic carbocycles. The van der Waals surface area contributed by atoms with E-state index in [1.807, 2.05) is 26.8 Å². The van der Waals surface area contributed by atoms with Gasteiger partial charge in [0.05, 0.1) is 30.3 Å². The molecule has 0 saturated heterocycles. The molecule has 0 aliphatic heterocycles. The number of carbonyl (C=O) groups is 1. The minimum atomic E-state index is -0.358. The summed E-state index contributed by atoms with van der Waals surface area (Å²) in [6.45, 7) is 12.8. The van der Waals surface area contributed by atoms with Gasteiger partial charge in [-0.2, -0.15) is 0 Å². The van der Waals surface area contributed by atoms with Gasteiger partial charge < -0.3 is 10.1 Å². The first-order chi connectivity index (χ1) is 14.7. The highest BCUT2D eigenvalue weighted by atomic mass is 35.5. The van der Waals surface area contributed by atoms with Gasteiger partial charge in [0.2, 0.25) is 0 Å². The number of aliphatic imine (C=N–C) groups is 2. The monoisotopic (exact) mass is 439 g/mol. The topological polar surface area (TPSA) is 88.8 Å². The third-order valence-electron chi connectivity index (χ3n) is 4.21. The predicted molar refractivity (Wildman–Crippen MR) is 126 cm³/mol. The molecule has 0 radical (unpaired) electrons. The fraction of sp³-hybridized carbons (Fsp3) is 0.261. The Labute approximate surface area is 187 Å². The van der Waals surface area contributed by atoms with Crippen LogP contribution in [0.25, 0.3) is 11.1 Å². The molecule has 8 heteroatoms. The minimum Gasteiger partial charge on any atom is -0.494 e. The van der Waals surface area contributed by atoms with Gasteiger partial charge in [-0.25, -0.2) is 9.98 Å². The average molecular weight is 440 g/mol. The van der Waals surface area contributed by atoms with E-state index >= 15 is 0 Å². The molecule has 0 fully saturated rings. The number of rotatable bonds is 6. The van der Waals surface area contributed by atoms with Gasteiger partial charge in [-0.1, -0.05) is 24.3 Å². The summed E-state index contributed by atoms with van der Waals surface area (Å²) in [6, 6.07) is 3.46. The number of methoxy groups -OCH3 is 1. The van der Waals surface area contributed by atoms with E-state index in [9.17, 15) is 4.79 Å². The zero-order valence-corrected chi connectivity index (χ0v) is 19.3. The molecule has 7 nitrogen and oxygen atoms in total. The van der Waals surface area contributed by atoms with Gasteiger partial charge in [-0.15, -0.1) is 0 Å². The van der Waals surface area contributed by atoms with Crippen LogP contribution >= 0.6 is 11.6 Å². The molecule has 0 spiro atoms. The summed E-state index contributed by atoms with van der Waals surface area (Å²) in [4.78, 5) is 30.2. The summed E-state index contributed by atoms with van der Waals surface area (Å²) in [5, 5.41) is 3.11. The van der Waals surface area contributed by atoms with Crippen LogP contribution in [0, 0.1) is 6.92 Å². The molecule has 0 atom stereocenters. The highest BCUT2D eigenvalue weighted by Gasteiger charge is 2.18. The number of allylic oxidation sites excluding steroid dienone is 3. The van der Waals surface area contributed by atoms with Crippen LogP contribution in [0.1, 0.15) is 43.7 Å². The van der Waals surface area contributed by atoms with Crippen molar-refractivity contribution in [1.29, 1.82) is 0 Å². The van der Waals surface area contributed by atoms with Gasteiger partial charge in [0.1, 0.15) is 16.7 Å². The fourth-order valence-corrected chi connectivity index (χ4v) is 3.05. The van der Waals surface area contributed by atoms with Crippen LogP contribution in [0.4, 0.5) is 0 Å². The second-order valence-corrected chi connectivity index (χ2v) is 7.22. The third-order valence-corrected chi connectivity index (χ3v) is 4.42. The highest BCUT2D eigenvalue weighted by Crippen LogP contribution is 2.33. The number of nitrogens with one attached hydrogen (secondary N) is 1. The summed E-state index contributed by atoms with van der Waals surface area (Å²) in [6.07, 6.45) is 4.86. The van der Waals surface area contributed by atoms with Crippen molar-refractivity contribution in [3.05, 3.63) is 65.0 Å². The van der Waals surface area contributed by atoms with Crippen LogP contribution in [0.5, 0.6) is 5.75 Å². The van der Waals surface area contributed by atoms with Crippen molar-refractivity contribution in [2.24, 2.45) is 9.98 Å². The lowest BCUT2D eigenvalue weighted by Crippen LogP contribution is -2.29. The molecule has 162 valence electrons. The number of hydrogen-bond donors (Lipinski definition) is 1. The number of halogens is 1. The summed E-state index contributed by atoms with van der Waals surface area (Å²) >= 11 is 6.09. The van der Waals surface area contributed by atoms with Gasteiger partial charge in [-0.05, 0) is 46.8 Å². The average Bonchev–Trinajstić information content (AvgIpc) is 2.71. The highest BCUT2D eigenvalue weighted by molar-refractivity contribution is 6.29. The van der Waals surface area contributed by atoms with Crippen LogP contribution in [0.15, 0.2) is 58.6 Å². The Balaban J connectivity index is 2.44. The molecular formula is C23H26ClN5O2. The zero-order chi connectivity index (χ0) is 23.1. The molecule has 0 aliphatic carbocycles. The number of aryl methyl sites for hydroxylation is 1. The number of aromatic nitrogens is 2. The second kappa shape index (κ2) is 10.6. The van der Waals surface area contributed by atoms with E-state index in [4.69, 9.17) is 16.3 Å². The third kappa shape index (κ3) is 6.33. The van der Waals surface area contributed by atoms with Crippen LogP contribution in [0.2, 0.25) is 5.15 Å². The molecule has 0 aliphatic rings. The van der Waals surface area contributed by atoms with E-state index in [-0.39, 0.29) is 5.91 Å². The number of nitrogens with zero attached hydrogens (tertiary/aromatic N) is 4. The number of ether oxygens (including phenoxy) is 1. The lowest BCUT2D eigenvalue weighted by atomic mass is 10.0. The Kier molecular flexibility index (Phi) is 8.22. The Morgan fingerprint density at radius 1 is 1.16 bits per heavy atom. The molecule has 0 saturated carbocycles. The largest absolute Gasteiger partial charge is 0.494 e. The van der Waals surface area contributed by atoms with Crippen molar-refractivity contribution in [3.8, 4) is 16.9 Å². The van der Waals surface area contributed by atoms with Gasteiger partial charge in [0, 0.05) is 28.7 Å². The van der Waals surface area contributed by atoms with Gasteiger partial charge in [-0.3, -0.25) is 14.8 Å². The molecule has 1 N–H and O–H groups in total. The SMILES string of the molecule is C=C(C)N=C(C)/C(=C\C)N=C(C)NC(=O)c1cnc(C)cc1-c1cc(Cl)ncc1OC. The molecule has 2 aromatic rings. The Morgan fingerprint density at radius 3 is 2.48 bits per heavy atom. The molecule has 2 rings (SSSR count). The summed E-state index contributed by atoms with van der Waals surface area (Å²) in [7, 11) is 1.53. The first kappa shape index (κ1) is 24.0. The standard InChI is InChI=1S/C23H26ClN5O2/c1-8-20(15(5)27-13(2)3)28-16(6)29-23(30)19-11-25-14(4)9-17(19)18-10-22(24)26-12-21(18)31-7/h8-12H,2H2,1,3-7H3,(H,28,29,30)/b20-8+,27-15?. The predicted octanol–water partition coefficient (Wildman–Crippen LogP) is 5.16. The van der Waals surface area contributed by atoms with Crippen LogP contribution in [-0.4, -0.2) is 34.5 Å². The molecule has 0 bridgehead atoms. The van der Waals surface area contributed by atoms with Gasteiger partial charge in [0.15, 0.2) is 0 Å². The molecule has 2 aromatic heterocycles. The molecular weight excluding hydrogens is 414 g/mol. The Bertz CT molecular complexity index is 1100. The Morgan fingerprint density at radius 2 is 1.87 bits per heavy atom. The van der Waals surface area contributed by atoms with Crippen LogP contribution < -0.4 is 10.1 Å². The number of amides is 1. The number of hydrogen-bond acceptors (Lipinski definition) is 6. The first-order valence-electron chi connectivity index (χ1n) is 9.57. The van der Waals surface area contributed by atoms with E-state index in [0.29, 0.717) is 50.5 Å². The minimum absolute atomic E-state index is 0.291. The van der Waals surface area contributed by atoms with Crippen LogP contribution in [-0.2, 0) is 0 Å². The molecule has 2 heterocycles. The maximum atomic E-state index is 13.1. The molecule has 1 amide bonds. The van der Waals surface area contributed by atoms with Crippen LogP contribution in [0.3, 0.4) is 0 Å². The van der Waals surface area contributed by atoms with Crippen molar-refractivity contribution in [1.82, 2.24) is 15.3 Å². The maximum Gasteiger partial charge on any atom is 0.258 e. The lowest BCUT2D eigenvalue weighted by molar-refractivity contribution is 0.0977. The first-order valence-corrected chi connectivity index (χ1v) is 9.94. The molecule has 0 unspecified atom stereocenters. The van der Waals surface area contributed by atoms with Crippen molar-refractivity contribution >= 4 is 29.1 Å². The Hall–Kier alpha value is -3.32. The number of pyridine rings is 2. The fourth-order valence-electron chi connectivity index (χ4n) is 2.89. The van der Waals surface area contributed by atoms with Crippen molar-refractivity contribution in [2.45, 2.75) is 34.6 Å². The number of amidine groups is 1. The van der Waals surface area contributed by atoms with Crippen molar-refractivity contribution < 1.29 is 9.53 Å². The summed E-state index contributed by atoms with van der Waals surface area (Å²) in [5.41, 5.74) is 4.40. The van der Waals surface area contributed by atoms with E-state index in [2.05, 4.69) is 31.8 Å². The van der Waals surface area contributed by atoms with E-state index in [1.165, 1.54) is 19.5 Å². The summed E-state index contributed by atoms with van der Waals surface area (Å²) < 4.78 is 5.41. The van der Waals surface area contributed by atoms with E-state index in [1.54, 1.807) is 26.0 Å².